The zero-order valence-electron chi connectivity index (χ0n) is 7.30. The zero-order valence-corrected chi connectivity index (χ0v) is 7.30. The molecule has 2 N–H and O–H groups in total. The molecule has 0 saturated heterocycles. The third kappa shape index (κ3) is 1.99. The molecule has 0 saturated carbocycles. The monoisotopic (exact) mass is 159 g/mol. The first kappa shape index (κ1) is 8.60. The first-order valence-electron chi connectivity index (χ1n) is 3.81. The summed E-state index contributed by atoms with van der Waals surface area (Å²) in [6.07, 6.45) is 1.99. The molecule has 0 bridgehead atoms. The lowest BCUT2D eigenvalue weighted by molar-refractivity contribution is 1.50. The molecule has 0 aliphatic carbocycles. The van der Waals surface area contributed by atoms with Crippen molar-refractivity contribution in [2.45, 2.75) is 6.92 Å². The molecule has 1 aromatic carbocycles. The maximum absolute atomic E-state index is 5.58. The average Bonchev–Trinajstić information content (AvgIpc) is 1.94. The molecule has 12 heavy (non-hydrogen) atoms. The highest BCUT2D eigenvalue weighted by Crippen LogP contribution is 1.91. The van der Waals surface area contributed by atoms with Crippen molar-refractivity contribution in [3.63, 3.8) is 0 Å². The van der Waals surface area contributed by atoms with Gasteiger partial charge in [0.05, 0.1) is 0 Å². The Bertz CT molecular complexity index is 402. The van der Waals surface area contributed by atoms with Gasteiger partial charge in [-0.3, -0.25) is 0 Å². The van der Waals surface area contributed by atoms with Crippen LogP contribution in [0.2, 0.25) is 0 Å². The number of benzene rings is 1. The molecule has 0 aliphatic rings. The van der Waals surface area contributed by atoms with E-state index >= 15 is 0 Å². The molecule has 1 nitrogen and oxygen atoms in total. The molecule has 0 aromatic heterocycles. The van der Waals surface area contributed by atoms with Crippen LogP contribution >= 0.6 is 0 Å². The third-order valence-corrected chi connectivity index (χ3v) is 1.57. The van der Waals surface area contributed by atoms with Gasteiger partial charge in [-0.1, -0.05) is 30.9 Å². The molecular weight excluding hydrogens is 146 g/mol. The van der Waals surface area contributed by atoms with Crippen molar-refractivity contribution in [1.82, 2.24) is 0 Å². The maximum atomic E-state index is 5.58. The van der Waals surface area contributed by atoms with Gasteiger partial charge in [0.1, 0.15) is 0 Å². The van der Waals surface area contributed by atoms with Crippen LogP contribution in [-0.4, -0.2) is 0 Å². The number of anilines is 1. The summed E-state index contributed by atoms with van der Waals surface area (Å²) in [4.78, 5) is 0. The predicted molar refractivity (Wildman–Crippen MR) is 54.9 cm³/mol. The molecule has 1 rings (SSSR count). The topological polar surface area (TPSA) is 26.0 Å². The first-order valence-corrected chi connectivity index (χ1v) is 3.81. The summed E-state index contributed by atoms with van der Waals surface area (Å²) in [6, 6.07) is 5.67. The molecule has 0 atom stereocenters. The van der Waals surface area contributed by atoms with E-state index in [1.165, 1.54) is 0 Å². The quantitative estimate of drug-likeness (QED) is 0.609. The lowest BCUT2D eigenvalue weighted by Gasteiger charge is -1.92. The van der Waals surface area contributed by atoms with Crippen molar-refractivity contribution >= 4 is 18.3 Å². The van der Waals surface area contributed by atoms with Crippen molar-refractivity contribution in [3.8, 4) is 0 Å². The molecule has 1 heteroatoms. The van der Waals surface area contributed by atoms with Crippen molar-refractivity contribution in [1.29, 1.82) is 0 Å². The Labute approximate surface area is 72.5 Å². The fourth-order valence-electron chi connectivity index (χ4n) is 1.03. The smallest absolute Gasteiger partial charge is 0.0320 e. The fraction of sp³-hybridized carbons (Fsp3) is 0.0909. The molecule has 0 radical (unpaired) electrons. The van der Waals surface area contributed by atoms with Crippen LogP contribution in [0, 0.1) is 0 Å². The van der Waals surface area contributed by atoms with Crippen LogP contribution in [-0.2, 0) is 0 Å². The maximum Gasteiger partial charge on any atom is 0.0320 e. The van der Waals surface area contributed by atoms with E-state index in [2.05, 4.69) is 13.2 Å². The van der Waals surface area contributed by atoms with E-state index < -0.39 is 0 Å². The van der Waals surface area contributed by atoms with Crippen LogP contribution in [0.5, 0.6) is 0 Å². The van der Waals surface area contributed by atoms with Gasteiger partial charge in [-0.25, -0.2) is 0 Å². The standard InChI is InChI=1S/C11H13N/c1-8(2)6-10-4-5-11(12)7-9(10)3/h4-7H,1,3,12H2,2H3/b10-6-. The van der Waals surface area contributed by atoms with Crippen LogP contribution in [0.3, 0.4) is 0 Å². The Kier molecular flexibility index (Phi) is 2.34. The summed E-state index contributed by atoms with van der Waals surface area (Å²) in [5.74, 6) is 0. The van der Waals surface area contributed by atoms with Gasteiger partial charge in [-0.15, -0.1) is 0 Å². The lowest BCUT2D eigenvalue weighted by atomic mass is 10.2. The van der Waals surface area contributed by atoms with Gasteiger partial charge in [0.25, 0.3) is 0 Å². The number of nitrogens with two attached hydrogens (primary N) is 1. The SMILES string of the molecule is C=C(C)/C=c1/ccc(N)cc1=C. The van der Waals surface area contributed by atoms with E-state index in [0.717, 1.165) is 21.7 Å². The predicted octanol–water partition coefficient (Wildman–Crippen LogP) is 1.04. The number of nitrogen functional groups attached to an aromatic ring is 1. The van der Waals surface area contributed by atoms with Crippen LogP contribution < -0.4 is 16.2 Å². The number of hydrogen-bond acceptors (Lipinski definition) is 1. The Morgan fingerprint density at radius 3 is 2.67 bits per heavy atom. The molecule has 0 spiro atoms. The van der Waals surface area contributed by atoms with Crippen molar-refractivity contribution in [2.24, 2.45) is 0 Å². The minimum Gasteiger partial charge on any atom is -0.399 e. The van der Waals surface area contributed by atoms with Gasteiger partial charge in [-0.2, -0.15) is 0 Å². The van der Waals surface area contributed by atoms with Crippen LogP contribution in [0.4, 0.5) is 5.69 Å². The minimum absolute atomic E-state index is 0.749. The normalized spacial score (nSPS) is 11.6. The van der Waals surface area contributed by atoms with E-state index in [4.69, 9.17) is 5.73 Å². The lowest BCUT2D eigenvalue weighted by Crippen LogP contribution is -2.22. The molecule has 1 aromatic rings. The van der Waals surface area contributed by atoms with E-state index in [1.807, 2.05) is 31.2 Å². The summed E-state index contributed by atoms with van der Waals surface area (Å²) in [6.45, 7) is 9.64. The van der Waals surface area contributed by atoms with Gasteiger partial charge in [0.2, 0.25) is 0 Å². The van der Waals surface area contributed by atoms with Crippen LogP contribution in [0.1, 0.15) is 6.92 Å². The summed E-state index contributed by atoms with van der Waals surface area (Å²) in [5.41, 5.74) is 7.35. The highest BCUT2D eigenvalue weighted by Gasteiger charge is 1.85. The highest BCUT2D eigenvalue weighted by atomic mass is 14.5. The molecule has 0 fully saturated rings. The summed E-state index contributed by atoms with van der Waals surface area (Å²) >= 11 is 0. The van der Waals surface area contributed by atoms with Crippen LogP contribution in [0.15, 0.2) is 30.4 Å². The Morgan fingerprint density at radius 2 is 2.17 bits per heavy atom. The Morgan fingerprint density at radius 1 is 1.50 bits per heavy atom. The summed E-state index contributed by atoms with van der Waals surface area (Å²) in [7, 11) is 0. The molecule has 0 heterocycles. The average molecular weight is 159 g/mol. The van der Waals surface area contributed by atoms with Gasteiger partial charge < -0.3 is 5.73 Å². The van der Waals surface area contributed by atoms with Gasteiger partial charge in [-0.05, 0) is 29.5 Å². The van der Waals surface area contributed by atoms with Gasteiger partial charge in [0.15, 0.2) is 0 Å². The van der Waals surface area contributed by atoms with E-state index in [1.54, 1.807) is 0 Å². The second-order valence-corrected chi connectivity index (χ2v) is 2.95. The molecule has 0 unspecified atom stereocenters. The molecular formula is C11H13N. The molecule has 0 amide bonds. The van der Waals surface area contributed by atoms with Crippen LogP contribution in [0.25, 0.3) is 12.7 Å². The zero-order chi connectivity index (χ0) is 9.14. The van der Waals surface area contributed by atoms with E-state index in [-0.39, 0.29) is 0 Å². The van der Waals surface area contributed by atoms with Crippen molar-refractivity contribution < 1.29 is 0 Å². The van der Waals surface area contributed by atoms with E-state index in [9.17, 15) is 0 Å². The molecule has 0 aliphatic heterocycles. The van der Waals surface area contributed by atoms with Gasteiger partial charge in [0, 0.05) is 5.69 Å². The Hall–Kier alpha value is -1.50. The highest BCUT2D eigenvalue weighted by molar-refractivity contribution is 5.47. The number of rotatable bonds is 1. The van der Waals surface area contributed by atoms with Gasteiger partial charge >= 0.3 is 0 Å². The van der Waals surface area contributed by atoms with Crippen molar-refractivity contribution in [2.75, 3.05) is 5.73 Å². The van der Waals surface area contributed by atoms with Crippen molar-refractivity contribution in [3.05, 3.63) is 40.8 Å². The fourth-order valence-corrected chi connectivity index (χ4v) is 1.03. The molecule has 62 valence electrons. The second kappa shape index (κ2) is 3.26. The first-order chi connectivity index (χ1) is 5.59. The number of allylic oxidation sites excluding steroid dienone is 1. The summed E-state index contributed by atoms with van der Waals surface area (Å²) < 4.78 is 0. The summed E-state index contributed by atoms with van der Waals surface area (Å²) in [5, 5.41) is 2.02. The minimum atomic E-state index is 0.749. The number of hydrogen-bond donors (Lipinski definition) is 1. The Balaban J connectivity index is 3.38. The largest absolute Gasteiger partial charge is 0.399 e. The second-order valence-electron chi connectivity index (χ2n) is 2.95. The van der Waals surface area contributed by atoms with E-state index in [0.29, 0.717) is 0 Å². The third-order valence-electron chi connectivity index (χ3n) is 1.57.